The third-order valence-corrected chi connectivity index (χ3v) is 5.35. The molecule has 0 spiro atoms. The van der Waals surface area contributed by atoms with Crippen LogP contribution in [0.1, 0.15) is 38.5 Å². The molecule has 0 aromatic carbocycles. The maximum absolute atomic E-state index is 12.9. The molecule has 4 amide bonds. The zero-order valence-corrected chi connectivity index (χ0v) is 18.2. The number of likely N-dealkylation sites (tertiary alicyclic amines) is 1. The number of unbranched alkanes of at least 4 members (excludes halogenated alkanes) is 1. The Hall–Kier alpha value is -2.38. The van der Waals surface area contributed by atoms with Gasteiger partial charge in [0.05, 0.1) is 12.5 Å². The lowest BCUT2D eigenvalue weighted by atomic mass is 10.1. The number of primary amides is 1. The third kappa shape index (κ3) is 8.34. The quantitative estimate of drug-likeness (QED) is 0.113. The molecule has 9 N–H and O–H groups in total. The van der Waals surface area contributed by atoms with Crippen LogP contribution in [0.2, 0.25) is 0 Å². The molecule has 1 aliphatic rings. The molecule has 0 aromatic heterocycles. The van der Waals surface area contributed by atoms with E-state index in [1.54, 1.807) is 0 Å². The van der Waals surface area contributed by atoms with Gasteiger partial charge in [0.25, 0.3) is 0 Å². The summed E-state index contributed by atoms with van der Waals surface area (Å²) in [5.74, 6) is -3.88. The molecule has 13 heteroatoms. The Bertz CT molecular complexity index is 678. The lowest BCUT2D eigenvalue weighted by Crippen LogP contribution is -2.57. The van der Waals surface area contributed by atoms with E-state index in [-0.39, 0.29) is 12.2 Å². The molecule has 1 heterocycles. The molecule has 12 nitrogen and oxygen atoms in total. The first-order valence-electron chi connectivity index (χ1n) is 10.1. The van der Waals surface area contributed by atoms with E-state index in [1.165, 1.54) is 4.90 Å². The summed E-state index contributed by atoms with van der Waals surface area (Å²) in [4.78, 5) is 61.7. The van der Waals surface area contributed by atoms with Gasteiger partial charge in [-0.1, -0.05) is 0 Å². The first-order valence-corrected chi connectivity index (χ1v) is 10.7. The van der Waals surface area contributed by atoms with Crippen LogP contribution in [0.4, 0.5) is 0 Å². The van der Waals surface area contributed by atoms with E-state index in [0.717, 1.165) is 0 Å². The van der Waals surface area contributed by atoms with Gasteiger partial charge in [0.15, 0.2) is 0 Å². The average molecular weight is 461 g/mol. The van der Waals surface area contributed by atoms with Crippen molar-refractivity contribution in [3.8, 4) is 0 Å². The third-order valence-electron chi connectivity index (χ3n) is 4.95. The van der Waals surface area contributed by atoms with E-state index < -0.39 is 60.2 Å². The zero-order valence-electron chi connectivity index (χ0n) is 17.3. The molecule has 4 unspecified atom stereocenters. The highest BCUT2D eigenvalue weighted by molar-refractivity contribution is 7.80. The van der Waals surface area contributed by atoms with Crippen molar-refractivity contribution >= 4 is 42.2 Å². The van der Waals surface area contributed by atoms with Crippen molar-refractivity contribution in [2.24, 2.45) is 17.2 Å². The van der Waals surface area contributed by atoms with Crippen molar-refractivity contribution in [3.05, 3.63) is 0 Å². The van der Waals surface area contributed by atoms with Crippen molar-refractivity contribution in [2.75, 3.05) is 18.8 Å². The molecular formula is C18H32N6O6S. The standard InChI is InChI=1S/C18H32N6O6S/c19-6-2-1-4-11(15(26)23-12(18(29)30)8-14(21)25)22-16(27)13-5-3-7-24(13)17(28)10(20)9-31/h10-13,31H,1-9,19-20H2,(H2,21,25)(H,22,27)(H,23,26)(H,29,30). The fraction of sp³-hybridized carbons (Fsp3) is 0.722. The van der Waals surface area contributed by atoms with Gasteiger partial charge in [-0.2, -0.15) is 12.6 Å². The number of carboxylic acids is 1. The highest BCUT2D eigenvalue weighted by Gasteiger charge is 2.37. The van der Waals surface area contributed by atoms with Crippen molar-refractivity contribution in [1.82, 2.24) is 15.5 Å². The smallest absolute Gasteiger partial charge is 0.326 e. The van der Waals surface area contributed by atoms with Gasteiger partial charge >= 0.3 is 5.97 Å². The van der Waals surface area contributed by atoms with Crippen molar-refractivity contribution < 1.29 is 29.1 Å². The molecule has 0 radical (unpaired) electrons. The average Bonchev–Trinajstić information content (AvgIpc) is 3.20. The number of carbonyl (C=O) groups excluding carboxylic acids is 4. The summed E-state index contributed by atoms with van der Waals surface area (Å²) in [7, 11) is 0. The summed E-state index contributed by atoms with van der Waals surface area (Å²) in [6.07, 6.45) is 1.72. The first kappa shape index (κ1) is 26.7. The zero-order chi connectivity index (χ0) is 23.6. The fourth-order valence-electron chi connectivity index (χ4n) is 3.30. The second-order valence-corrected chi connectivity index (χ2v) is 7.76. The molecule has 31 heavy (non-hydrogen) atoms. The SMILES string of the molecule is NCCCCC(NC(=O)C1CCCN1C(=O)C(N)CS)C(=O)NC(CC(N)=O)C(=O)O. The van der Waals surface area contributed by atoms with Gasteiger partial charge in [-0.15, -0.1) is 0 Å². The number of rotatable bonds is 13. The number of thiol groups is 1. The molecule has 0 bridgehead atoms. The van der Waals surface area contributed by atoms with E-state index in [1.807, 2.05) is 0 Å². The molecule has 1 fully saturated rings. The Labute approximate surface area is 186 Å². The Morgan fingerprint density at radius 1 is 1.13 bits per heavy atom. The monoisotopic (exact) mass is 460 g/mol. The van der Waals surface area contributed by atoms with E-state index in [9.17, 15) is 29.1 Å². The minimum absolute atomic E-state index is 0.129. The van der Waals surface area contributed by atoms with E-state index in [2.05, 4.69) is 23.3 Å². The Balaban J connectivity index is 2.90. The van der Waals surface area contributed by atoms with E-state index in [4.69, 9.17) is 17.2 Å². The largest absolute Gasteiger partial charge is 0.480 e. The predicted molar refractivity (Wildman–Crippen MR) is 115 cm³/mol. The van der Waals surface area contributed by atoms with Gasteiger partial charge in [-0.05, 0) is 38.6 Å². The second-order valence-electron chi connectivity index (χ2n) is 7.39. The number of hydrogen-bond donors (Lipinski definition) is 7. The normalized spacial score (nSPS) is 18.7. The summed E-state index contributed by atoms with van der Waals surface area (Å²) in [5, 5.41) is 14.0. The highest BCUT2D eigenvalue weighted by atomic mass is 32.1. The van der Waals surface area contributed by atoms with E-state index >= 15 is 0 Å². The number of hydrogen-bond acceptors (Lipinski definition) is 8. The molecule has 0 aromatic rings. The Kier molecular flexibility index (Phi) is 11.3. The van der Waals surface area contributed by atoms with Crippen LogP contribution in [-0.2, 0) is 24.0 Å². The van der Waals surface area contributed by atoms with Crippen molar-refractivity contribution in [2.45, 2.75) is 62.7 Å². The maximum Gasteiger partial charge on any atom is 0.326 e. The van der Waals surface area contributed by atoms with Crippen LogP contribution in [0.5, 0.6) is 0 Å². The van der Waals surface area contributed by atoms with Crippen LogP contribution in [0, 0.1) is 0 Å². The van der Waals surface area contributed by atoms with Crippen molar-refractivity contribution in [3.63, 3.8) is 0 Å². The molecule has 1 rings (SSSR count). The fourth-order valence-corrected chi connectivity index (χ4v) is 3.45. The van der Waals surface area contributed by atoms with Crippen LogP contribution < -0.4 is 27.8 Å². The van der Waals surface area contributed by atoms with Gasteiger partial charge in [-0.3, -0.25) is 19.2 Å². The summed E-state index contributed by atoms with van der Waals surface area (Å²) in [6.45, 7) is 0.746. The summed E-state index contributed by atoms with van der Waals surface area (Å²) >= 11 is 4.01. The number of carbonyl (C=O) groups is 5. The number of nitrogens with one attached hydrogen (secondary N) is 2. The van der Waals surface area contributed by atoms with Crippen LogP contribution in [0.25, 0.3) is 0 Å². The highest BCUT2D eigenvalue weighted by Crippen LogP contribution is 2.19. The van der Waals surface area contributed by atoms with Crippen LogP contribution in [0.15, 0.2) is 0 Å². The molecular weight excluding hydrogens is 428 g/mol. The predicted octanol–water partition coefficient (Wildman–Crippen LogP) is -2.71. The molecule has 4 atom stereocenters. The summed E-state index contributed by atoms with van der Waals surface area (Å²) in [6, 6.07) is -4.21. The van der Waals surface area contributed by atoms with Crippen molar-refractivity contribution in [1.29, 1.82) is 0 Å². The van der Waals surface area contributed by atoms with Gasteiger partial charge in [0.1, 0.15) is 18.1 Å². The number of carboxylic acid groups (broad SMARTS) is 1. The second kappa shape index (κ2) is 13.1. The van der Waals surface area contributed by atoms with Gasteiger partial charge in [-0.25, -0.2) is 4.79 Å². The van der Waals surface area contributed by atoms with Crippen LogP contribution in [-0.4, -0.2) is 82.6 Å². The van der Waals surface area contributed by atoms with Gasteiger partial charge in [0.2, 0.25) is 23.6 Å². The number of aliphatic carboxylic acids is 1. The molecule has 1 aliphatic heterocycles. The number of nitrogens with zero attached hydrogens (tertiary/aromatic N) is 1. The summed E-state index contributed by atoms with van der Waals surface area (Å²) < 4.78 is 0. The molecule has 176 valence electrons. The molecule has 1 saturated heterocycles. The van der Waals surface area contributed by atoms with E-state index in [0.29, 0.717) is 38.8 Å². The molecule has 0 saturated carbocycles. The van der Waals surface area contributed by atoms with Crippen LogP contribution in [0.3, 0.4) is 0 Å². The molecule has 0 aliphatic carbocycles. The number of nitrogens with two attached hydrogens (primary N) is 3. The maximum atomic E-state index is 12.9. The van der Waals surface area contributed by atoms with Crippen LogP contribution >= 0.6 is 12.6 Å². The van der Waals surface area contributed by atoms with Gasteiger partial charge < -0.3 is 37.8 Å². The topological polar surface area (TPSA) is 211 Å². The lowest BCUT2D eigenvalue weighted by molar-refractivity contribution is -0.144. The minimum Gasteiger partial charge on any atom is -0.480 e. The Morgan fingerprint density at radius 2 is 1.81 bits per heavy atom. The Morgan fingerprint density at radius 3 is 2.35 bits per heavy atom. The number of amides is 4. The van der Waals surface area contributed by atoms with Gasteiger partial charge in [0, 0.05) is 12.3 Å². The minimum atomic E-state index is -1.52. The summed E-state index contributed by atoms with van der Waals surface area (Å²) in [5.41, 5.74) is 16.3. The lowest BCUT2D eigenvalue weighted by Gasteiger charge is -2.28. The first-order chi connectivity index (χ1) is 14.6.